The first kappa shape index (κ1) is 16.7. The third-order valence-electron chi connectivity index (χ3n) is 4.10. The van der Waals surface area contributed by atoms with Crippen molar-refractivity contribution in [1.82, 2.24) is 9.88 Å². The molecule has 25 heavy (non-hydrogen) atoms. The Labute approximate surface area is 144 Å². The van der Waals surface area contributed by atoms with Gasteiger partial charge in [-0.1, -0.05) is 6.07 Å². The number of hydrogen-bond acceptors (Lipinski definition) is 5. The van der Waals surface area contributed by atoms with Crippen LogP contribution in [0.25, 0.3) is 11.0 Å². The fraction of sp³-hybridized carbons (Fsp3) is 0.211. The first-order chi connectivity index (χ1) is 12.0. The molecule has 3 aromatic rings. The van der Waals surface area contributed by atoms with Crippen LogP contribution >= 0.6 is 0 Å². The fourth-order valence-corrected chi connectivity index (χ4v) is 2.44. The molecule has 3 rings (SSSR count). The van der Waals surface area contributed by atoms with Crippen molar-refractivity contribution in [2.24, 2.45) is 0 Å². The highest BCUT2D eigenvalue weighted by Gasteiger charge is 2.18. The maximum absolute atomic E-state index is 12.4. The lowest BCUT2D eigenvalue weighted by atomic mass is 10.1. The van der Waals surface area contributed by atoms with Gasteiger partial charge in [0.05, 0.1) is 6.04 Å². The van der Waals surface area contributed by atoms with E-state index >= 15 is 0 Å². The summed E-state index contributed by atoms with van der Waals surface area (Å²) in [5, 5.41) is 0.792. The van der Waals surface area contributed by atoms with E-state index < -0.39 is 5.63 Å². The van der Waals surface area contributed by atoms with Crippen molar-refractivity contribution >= 4 is 16.9 Å². The first-order valence-corrected chi connectivity index (χ1v) is 7.87. The van der Waals surface area contributed by atoms with Gasteiger partial charge in [0.15, 0.2) is 6.61 Å². The molecular weight excluding hydrogens is 320 g/mol. The van der Waals surface area contributed by atoms with E-state index in [2.05, 4.69) is 4.98 Å². The predicted molar refractivity (Wildman–Crippen MR) is 93.4 cm³/mol. The normalized spacial score (nSPS) is 11.9. The quantitative estimate of drug-likeness (QED) is 0.669. The number of carbonyl (C=O) groups excluding carboxylic acids is 1. The van der Waals surface area contributed by atoms with Crippen LogP contribution < -0.4 is 10.4 Å². The summed E-state index contributed by atoms with van der Waals surface area (Å²) in [7, 11) is 1.72. The number of nitrogens with zero attached hydrogens (tertiary/aromatic N) is 2. The molecule has 1 unspecified atom stereocenters. The van der Waals surface area contributed by atoms with Gasteiger partial charge >= 0.3 is 5.63 Å². The third-order valence-corrected chi connectivity index (χ3v) is 4.10. The standard InChI is InChI=1S/C19H18N2O4/c1-13(15-4-3-9-20-11-15)21(2)18(22)12-24-16-7-5-14-6-8-19(23)25-17(14)10-16/h3-11,13H,12H2,1-2H3. The van der Waals surface area contributed by atoms with E-state index in [1.165, 1.54) is 6.07 Å². The first-order valence-electron chi connectivity index (χ1n) is 7.87. The fourth-order valence-electron chi connectivity index (χ4n) is 2.44. The smallest absolute Gasteiger partial charge is 0.336 e. The minimum absolute atomic E-state index is 0.107. The highest BCUT2D eigenvalue weighted by atomic mass is 16.5. The summed E-state index contributed by atoms with van der Waals surface area (Å²) in [6, 6.07) is 11.8. The molecule has 0 saturated carbocycles. The summed E-state index contributed by atoms with van der Waals surface area (Å²) in [5.41, 5.74) is 0.950. The molecular formula is C19H18N2O4. The molecule has 0 radical (unpaired) electrons. The van der Waals surface area contributed by atoms with Crippen molar-refractivity contribution in [3.8, 4) is 5.75 Å². The third kappa shape index (κ3) is 3.85. The van der Waals surface area contributed by atoms with Crippen molar-refractivity contribution in [3.05, 3.63) is 70.8 Å². The molecule has 1 atom stereocenters. The number of likely N-dealkylation sites (N-methyl/N-ethyl adjacent to an activating group) is 1. The largest absolute Gasteiger partial charge is 0.484 e. The highest BCUT2D eigenvalue weighted by Crippen LogP contribution is 2.21. The lowest BCUT2D eigenvalue weighted by molar-refractivity contribution is -0.134. The molecule has 1 aromatic carbocycles. The van der Waals surface area contributed by atoms with Gasteiger partial charge in [-0.25, -0.2) is 4.79 Å². The molecule has 6 nitrogen and oxygen atoms in total. The maximum Gasteiger partial charge on any atom is 0.336 e. The number of carbonyl (C=O) groups is 1. The van der Waals surface area contributed by atoms with Crippen LogP contribution in [0.5, 0.6) is 5.75 Å². The second kappa shape index (κ2) is 7.17. The zero-order chi connectivity index (χ0) is 17.8. The van der Waals surface area contributed by atoms with Gasteiger partial charge in [-0.3, -0.25) is 9.78 Å². The summed E-state index contributed by atoms with van der Waals surface area (Å²) in [6.07, 6.45) is 3.43. The van der Waals surface area contributed by atoms with Crippen LogP contribution in [0.1, 0.15) is 18.5 Å². The molecule has 2 aromatic heterocycles. The number of pyridine rings is 1. The number of fused-ring (bicyclic) bond motifs is 1. The molecule has 0 saturated heterocycles. The number of hydrogen-bond donors (Lipinski definition) is 0. The van der Waals surface area contributed by atoms with E-state index in [1.807, 2.05) is 19.1 Å². The van der Waals surface area contributed by atoms with Gasteiger partial charge in [0.1, 0.15) is 11.3 Å². The number of ether oxygens (including phenoxy) is 1. The number of amides is 1. The van der Waals surface area contributed by atoms with Crippen molar-refractivity contribution in [1.29, 1.82) is 0 Å². The average molecular weight is 338 g/mol. The summed E-state index contributed by atoms with van der Waals surface area (Å²) in [5.74, 6) is 0.309. The molecule has 0 aliphatic rings. The molecule has 6 heteroatoms. The van der Waals surface area contributed by atoms with Crippen LogP contribution in [0, 0.1) is 0 Å². The monoisotopic (exact) mass is 338 g/mol. The van der Waals surface area contributed by atoms with Crippen LogP contribution in [0.2, 0.25) is 0 Å². The maximum atomic E-state index is 12.4. The molecule has 2 heterocycles. The molecule has 0 aliphatic heterocycles. The van der Waals surface area contributed by atoms with Crippen molar-refractivity contribution in [3.63, 3.8) is 0 Å². The van der Waals surface area contributed by atoms with Crippen molar-refractivity contribution in [2.75, 3.05) is 13.7 Å². The Morgan fingerprint density at radius 2 is 2.08 bits per heavy atom. The summed E-state index contributed by atoms with van der Waals surface area (Å²) < 4.78 is 10.7. The zero-order valence-corrected chi connectivity index (χ0v) is 14.0. The molecule has 0 fully saturated rings. The van der Waals surface area contributed by atoms with Crippen LogP contribution in [0.15, 0.2) is 64.1 Å². The topological polar surface area (TPSA) is 72.6 Å². The second-order valence-corrected chi connectivity index (χ2v) is 5.71. The van der Waals surface area contributed by atoms with Gasteiger partial charge in [-0.15, -0.1) is 0 Å². The summed E-state index contributed by atoms with van der Waals surface area (Å²) in [6.45, 7) is 1.82. The van der Waals surface area contributed by atoms with Crippen LogP contribution in [-0.2, 0) is 4.79 Å². The van der Waals surface area contributed by atoms with E-state index in [4.69, 9.17) is 9.15 Å². The Balaban J connectivity index is 1.66. The van der Waals surface area contributed by atoms with E-state index in [9.17, 15) is 9.59 Å². The Morgan fingerprint density at radius 3 is 2.84 bits per heavy atom. The number of aromatic nitrogens is 1. The van der Waals surface area contributed by atoms with E-state index in [-0.39, 0.29) is 18.6 Å². The van der Waals surface area contributed by atoms with E-state index in [0.29, 0.717) is 11.3 Å². The number of rotatable bonds is 5. The van der Waals surface area contributed by atoms with Crippen LogP contribution in [0.3, 0.4) is 0 Å². The minimum Gasteiger partial charge on any atom is -0.484 e. The second-order valence-electron chi connectivity index (χ2n) is 5.71. The lowest BCUT2D eigenvalue weighted by Crippen LogP contribution is -2.33. The SMILES string of the molecule is CC(c1cccnc1)N(C)C(=O)COc1ccc2ccc(=O)oc2c1. The van der Waals surface area contributed by atoms with Crippen molar-refractivity contribution in [2.45, 2.75) is 13.0 Å². The Hall–Kier alpha value is -3.15. The van der Waals surface area contributed by atoms with E-state index in [1.54, 1.807) is 48.6 Å². The van der Waals surface area contributed by atoms with Crippen LogP contribution in [0.4, 0.5) is 0 Å². The average Bonchev–Trinajstić information content (AvgIpc) is 2.65. The van der Waals surface area contributed by atoms with Gasteiger partial charge in [0, 0.05) is 37.0 Å². The summed E-state index contributed by atoms with van der Waals surface area (Å²) >= 11 is 0. The molecule has 1 amide bonds. The van der Waals surface area contributed by atoms with Crippen LogP contribution in [-0.4, -0.2) is 29.4 Å². The highest BCUT2D eigenvalue weighted by molar-refractivity contribution is 5.79. The molecule has 0 N–H and O–H groups in total. The van der Waals surface area contributed by atoms with E-state index in [0.717, 1.165) is 10.9 Å². The Morgan fingerprint density at radius 1 is 1.28 bits per heavy atom. The van der Waals surface area contributed by atoms with Gasteiger partial charge in [0.25, 0.3) is 5.91 Å². The van der Waals surface area contributed by atoms with Gasteiger partial charge in [-0.05, 0) is 36.8 Å². The van der Waals surface area contributed by atoms with Gasteiger partial charge < -0.3 is 14.1 Å². The Kier molecular flexibility index (Phi) is 4.79. The van der Waals surface area contributed by atoms with Gasteiger partial charge in [-0.2, -0.15) is 0 Å². The predicted octanol–water partition coefficient (Wildman–Crippen LogP) is 2.79. The minimum atomic E-state index is -0.425. The van der Waals surface area contributed by atoms with Crippen molar-refractivity contribution < 1.29 is 13.9 Å². The molecule has 128 valence electrons. The molecule has 0 spiro atoms. The molecule has 0 bridgehead atoms. The Bertz CT molecular complexity index is 937. The number of benzene rings is 1. The molecule has 0 aliphatic carbocycles. The lowest BCUT2D eigenvalue weighted by Gasteiger charge is -2.25. The zero-order valence-electron chi connectivity index (χ0n) is 14.0. The summed E-state index contributed by atoms with van der Waals surface area (Å²) in [4.78, 5) is 29.3. The van der Waals surface area contributed by atoms with Gasteiger partial charge in [0.2, 0.25) is 0 Å².